The maximum atomic E-state index is 11.1. The zero-order valence-electron chi connectivity index (χ0n) is 11.1. The van der Waals surface area contributed by atoms with Gasteiger partial charge in [0.05, 0.1) is 7.11 Å². The van der Waals surface area contributed by atoms with Crippen molar-refractivity contribution in [2.24, 2.45) is 5.84 Å². The van der Waals surface area contributed by atoms with E-state index in [9.17, 15) is 4.79 Å². The van der Waals surface area contributed by atoms with Gasteiger partial charge in [0.1, 0.15) is 24.0 Å². The average molecular weight is 253 g/mol. The quantitative estimate of drug-likeness (QED) is 0.405. The molecule has 0 aliphatic carbocycles. The summed E-state index contributed by atoms with van der Waals surface area (Å²) < 4.78 is 4.56. The van der Waals surface area contributed by atoms with Gasteiger partial charge in [-0.2, -0.15) is 0 Å². The summed E-state index contributed by atoms with van der Waals surface area (Å²) in [5.74, 6) is 6.99. The molecule has 7 nitrogen and oxygen atoms in total. The van der Waals surface area contributed by atoms with Crippen LogP contribution in [0.5, 0.6) is 0 Å². The van der Waals surface area contributed by atoms with Gasteiger partial charge < -0.3 is 15.5 Å². The predicted octanol–water partition coefficient (Wildman–Crippen LogP) is 0.779. The van der Waals surface area contributed by atoms with Gasteiger partial charge >= 0.3 is 5.97 Å². The molecule has 0 atom stereocenters. The Kier molecular flexibility index (Phi) is 4.85. The van der Waals surface area contributed by atoms with Gasteiger partial charge in [0.25, 0.3) is 0 Å². The third-order valence-corrected chi connectivity index (χ3v) is 2.44. The highest BCUT2D eigenvalue weighted by Crippen LogP contribution is 2.22. The maximum absolute atomic E-state index is 11.1. The van der Waals surface area contributed by atoms with Crippen molar-refractivity contribution in [3.63, 3.8) is 0 Å². The van der Waals surface area contributed by atoms with Crippen molar-refractivity contribution >= 4 is 17.6 Å². The molecule has 7 heteroatoms. The third kappa shape index (κ3) is 3.30. The van der Waals surface area contributed by atoms with E-state index in [2.05, 4.69) is 25.4 Å². The zero-order valence-corrected chi connectivity index (χ0v) is 11.1. The van der Waals surface area contributed by atoms with Crippen molar-refractivity contribution in [1.29, 1.82) is 0 Å². The van der Waals surface area contributed by atoms with Crippen molar-refractivity contribution in [2.45, 2.75) is 26.7 Å². The number of nitrogen functional groups attached to an aromatic ring is 1. The first kappa shape index (κ1) is 14.2. The van der Waals surface area contributed by atoms with Crippen molar-refractivity contribution in [2.75, 3.05) is 24.4 Å². The van der Waals surface area contributed by atoms with Crippen LogP contribution in [0.25, 0.3) is 0 Å². The molecule has 0 unspecified atom stereocenters. The van der Waals surface area contributed by atoms with Gasteiger partial charge in [0, 0.05) is 11.5 Å². The molecule has 1 aromatic rings. The standard InChI is InChI=1S/C11H19N5O2/c1-6(2)9-14-10(13-5-8(17)18-4)7(3)11(15-9)16-12/h6H,5,12H2,1-4H3,(H2,13,14,15,16). The number of hydrogen-bond donors (Lipinski definition) is 3. The zero-order chi connectivity index (χ0) is 13.7. The number of carbonyl (C=O) groups excluding carboxylic acids is 1. The highest BCUT2D eigenvalue weighted by molar-refractivity contribution is 5.75. The monoisotopic (exact) mass is 253 g/mol. The molecule has 0 radical (unpaired) electrons. The Balaban J connectivity index is 3.01. The fourth-order valence-electron chi connectivity index (χ4n) is 1.33. The minimum Gasteiger partial charge on any atom is -0.468 e. The summed E-state index contributed by atoms with van der Waals surface area (Å²) in [6.45, 7) is 5.83. The summed E-state index contributed by atoms with van der Waals surface area (Å²) in [7, 11) is 1.34. The molecule has 0 aliphatic heterocycles. The van der Waals surface area contributed by atoms with Gasteiger partial charge in [-0.25, -0.2) is 15.8 Å². The Labute approximate surface area is 106 Å². The maximum Gasteiger partial charge on any atom is 0.325 e. The highest BCUT2D eigenvalue weighted by atomic mass is 16.5. The Morgan fingerprint density at radius 1 is 1.39 bits per heavy atom. The van der Waals surface area contributed by atoms with E-state index in [1.807, 2.05) is 20.8 Å². The number of aromatic nitrogens is 2. The Morgan fingerprint density at radius 2 is 2.00 bits per heavy atom. The summed E-state index contributed by atoms with van der Waals surface area (Å²) in [4.78, 5) is 19.8. The number of nitrogens with one attached hydrogen (secondary N) is 2. The molecule has 100 valence electrons. The Hall–Kier alpha value is -1.89. The lowest BCUT2D eigenvalue weighted by atomic mass is 10.2. The van der Waals surface area contributed by atoms with Gasteiger partial charge in [0.2, 0.25) is 0 Å². The van der Waals surface area contributed by atoms with E-state index >= 15 is 0 Å². The molecule has 1 heterocycles. The van der Waals surface area contributed by atoms with Crippen molar-refractivity contribution in [3.8, 4) is 0 Å². The van der Waals surface area contributed by atoms with E-state index in [1.165, 1.54) is 7.11 Å². The summed E-state index contributed by atoms with van der Waals surface area (Å²) in [5.41, 5.74) is 3.28. The summed E-state index contributed by atoms with van der Waals surface area (Å²) in [6, 6.07) is 0. The molecule has 0 spiro atoms. The van der Waals surface area contributed by atoms with Gasteiger partial charge in [-0.1, -0.05) is 13.8 Å². The number of ether oxygens (including phenoxy) is 1. The number of nitrogens with zero attached hydrogens (tertiary/aromatic N) is 2. The minimum atomic E-state index is -0.360. The van der Waals surface area contributed by atoms with Crippen molar-refractivity contribution in [1.82, 2.24) is 9.97 Å². The van der Waals surface area contributed by atoms with Crippen molar-refractivity contribution < 1.29 is 9.53 Å². The molecular weight excluding hydrogens is 234 g/mol. The number of carbonyl (C=O) groups is 1. The normalized spacial score (nSPS) is 10.3. The smallest absolute Gasteiger partial charge is 0.325 e. The number of rotatable bonds is 5. The van der Waals surface area contributed by atoms with Gasteiger partial charge in [-0.15, -0.1) is 0 Å². The number of anilines is 2. The van der Waals surface area contributed by atoms with Gasteiger partial charge in [-0.05, 0) is 6.92 Å². The van der Waals surface area contributed by atoms with Crippen LogP contribution < -0.4 is 16.6 Å². The van der Waals surface area contributed by atoms with Crippen LogP contribution in [0.4, 0.5) is 11.6 Å². The first-order valence-electron chi connectivity index (χ1n) is 5.65. The fraction of sp³-hybridized carbons (Fsp3) is 0.545. The van der Waals surface area contributed by atoms with E-state index in [0.29, 0.717) is 17.5 Å². The first-order chi connectivity index (χ1) is 8.49. The van der Waals surface area contributed by atoms with Crippen LogP contribution in [-0.2, 0) is 9.53 Å². The van der Waals surface area contributed by atoms with Crippen LogP contribution in [-0.4, -0.2) is 29.6 Å². The van der Waals surface area contributed by atoms with Crippen LogP contribution >= 0.6 is 0 Å². The summed E-state index contributed by atoms with van der Waals surface area (Å²) in [5, 5.41) is 2.91. The molecule has 0 aliphatic rings. The second kappa shape index (κ2) is 6.15. The van der Waals surface area contributed by atoms with Crippen LogP contribution in [0.1, 0.15) is 31.2 Å². The molecule has 0 saturated carbocycles. The third-order valence-electron chi connectivity index (χ3n) is 2.44. The van der Waals surface area contributed by atoms with Crippen molar-refractivity contribution in [3.05, 3.63) is 11.4 Å². The van der Waals surface area contributed by atoms with Crippen LogP contribution in [0.15, 0.2) is 0 Å². The Morgan fingerprint density at radius 3 is 2.50 bits per heavy atom. The largest absolute Gasteiger partial charge is 0.468 e. The number of hydrazine groups is 1. The topological polar surface area (TPSA) is 102 Å². The first-order valence-corrected chi connectivity index (χ1v) is 5.65. The molecule has 18 heavy (non-hydrogen) atoms. The van der Waals surface area contributed by atoms with Crippen LogP contribution in [0.2, 0.25) is 0 Å². The average Bonchev–Trinajstić information content (AvgIpc) is 2.36. The van der Waals surface area contributed by atoms with Crippen LogP contribution in [0, 0.1) is 6.92 Å². The highest BCUT2D eigenvalue weighted by Gasteiger charge is 2.13. The van der Waals surface area contributed by atoms with E-state index < -0.39 is 0 Å². The molecule has 0 bridgehead atoms. The van der Waals surface area contributed by atoms with Gasteiger partial charge in [-0.3, -0.25) is 4.79 Å². The molecule has 0 saturated heterocycles. The number of methoxy groups -OCH3 is 1. The molecule has 4 N–H and O–H groups in total. The van der Waals surface area contributed by atoms with E-state index in [-0.39, 0.29) is 18.4 Å². The van der Waals surface area contributed by atoms with Gasteiger partial charge in [0.15, 0.2) is 0 Å². The number of esters is 1. The molecular formula is C11H19N5O2. The lowest BCUT2D eigenvalue weighted by molar-refractivity contribution is -0.138. The minimum absolute atomic E-state index is 0.0515. The molecule has 1 aromatic heterocycles. The predicted molar refractivity (Wildman–Crippen MR) is 69.2 cm³/mol. The number of nitrogens with two attached hydrogens (primary N) is 1. The molecule has 0 aromatic carbocycles. The van der Waals surface area contributed by atoms with E-state index in [0.717, 1.165) is 5.56 Å². The van der Waals surface area contributed by atoms with Crippen LogP contribution in [0.3, 0.4) is 0 Å². The summed E-state index contributed by atoms with van der Waals surface area (Å²) in [6.07, 6.45) is 0. The second-order valence-corrected chi connectivity index (χ2v) is 4.13. The van der Waals surface area contributed by atoms with E-state index in [4.69, 9.17) is 5.84 Å². The number of hydrogen-bond acceptors (Lipinski definition) is 7. The molecule has 0 amide bonds. The second-order valence-electron chi connectivity index (χ2n) is 4.13. The van der Waals surface area contributed by atoms with E-state index in [1.54, 1.807) is 0 Å². The molecule has 1 rings (SSSR count). The summed E-state index contributed by atoms with van der Waals surface area (Å²) >= 11 is 0. The lowest BCUT2D eigenvalue weighted by Crippen LogP contribution is -2.19. The molecule has 0 fully saturated rings. The SMILES string of the molecule is COC(=O)CNc1nc(C(C)C)nc(NN)c1C. The lowest BCUT2D eigenvalue weighted by Gasteiger charge is -2.14. The Bertz CT molecular complexity index is 434. The fourth-order valence-corrected chi connectivity index (χ4v) is 1.33.